The third-order valence-corrected chi connectivity index (χ3v) is 4.85. The molecule has 6 nitrogen and oxygen atoms in total. The van der Waals surface area contributed by atoms with Gasteiger partial charge in [-0.15, -0.1) is 0 Å². The van der Waals surface area contributed by atoms with E-state index in [4.69, 9.17) is 16.3 Å². The number of H-pyrrole nitrogens is 1. The highest BCUT2D eigenvalue weighted by atomic mass is 35.5. The molecular formula is C19H22ClN3O3. The largest absolute Gasteiger partial charge is 0.379 e. The molecular weight excluding hydrogens is 354 g/mol. The number of halogens is 1. The van der Waals surface area contributed by atoms with Crippen LogP contribution >= 0.6 is 11.6 Å². The maximum Gasteiger partial charge on any atom is 0.260 e. The van der Waals surface area contributed by atoms with Gasteiger partial charge in [-0.05, 0) is 30.7 Å². The first-order chi connectivity index (χ1) is 12.6. The molecule has 1 fully saturated rings. The average Bonchev–Trinajstić information content (AvgIpc) is 2.64. The molecule has 2 aromatic rings. The smallest absolute Gasteiger partial charge is 0.260 e. The molecule has 1 amide bonds. The van der Waals surface area contributed by atoms with E-state index >= 15 is 0 Å². The molecule has 1 atom stereocenters. The molecule has 1 aliphatic heterocycles. The minimum Gasteiger partial charge on any atom is -0.379 e. The number of pyridine rings is 1. The number of rotatable bonds is 5. The number of hydrogen-bond donors (Lipinski definition) is 2. The van der Waals surface area contributed by atoms with Crippen molar-refractivity contribution in [3.8, 4) is 0 Å². The topological polar surface area (TPSA) is 74.4 Å². The lowest BCUT2D eigenvalue weighted by atomic mass is 10.0. The zero-order valence-electron chi connectivity index (χ0n) is 14.6. The molecule has 3 rings (SSSR count). The van der Waals surface area contributed by atoms with Gasteiger partial charge in [-0.1, -0.05) is 29.8 Å². The number of nitrogens with one attached hydrogen (secondary N) is 2. The number of aromatic amines is 1. The Kier molecular flexibility index (Phi) is 6.08. The van der Waals surface area contributed by atoms with Crippen LogP contribution in [0.15, 0.2) is 41.2 Å². The van der Waals surface area contributed by atoms with E-state index < -0.39 is 5.91 Å². The predicted octanol–water partition coefficient (Wildman–Crippen LogP) is 2.14. The number of carbonyl (C=O) groups excluding carboxylic acids is 1. The van der Waals surface area contributed by atoms with Gasteiger partial charge in [0.15, 0.2) is 0 Å². The number of nitrogens with zero attached hydrogens (tertiary/aromatic N) is 1. The van der Waals surface area contributed by atoms with Gasteiger partial charge in [0.25, 0.3) is 11.5 Å². The Hall–Kier alpha value is -2.15. The van der Waals surface area contributed by atoms with Crippen LogP contribution in [0.2, 0.25) is 5.02 Å². The summed E-state index contributed by atoms with van der Waals surface area (Å²) in [7, 11) is 0. The van der Waals surface area contributed by atoms with Gasteiger partial charge in [0.1, 0.15) is 5.56 Å². The first-order valence-corrected chi connectivity index (χ1v) is 8.98. The Bertz CT molecular complexity index is 831. The molecule has 2 heterocycles. The second-order valence-electron chi connectivity index (χ2n) is 6.28. The lowest BCUT2D eigenvalue weighted by Gasteiger charge is -2.35. The van der Waals surface area contributed by atoms with Crippen molar-refractivity contribution < 1.29 is 9.53 Å². The third-order valence-electron chi connectivity index (χ3n) is 4.51. The van der Waals surface area contributed by atoms with E-state index in [0.29, 0.717) is 30.5 Å². The lowest BCUT2D eigenvalue weighted by molar-refractivity contribution is 0.0162. The number of amides is 1. The molecule has 1 saturated heterocycles. The first-order valence-electron chi connectivity index (χ1n) is 8.60. The number of benzene rings is 1. The van der Waals surface area contributed by atoms with E-state index in [2.05, 4.69) is 15.2 Å². The van der Waals surface area contributed by atoms with Gasteiger partial charge in [-0.25, -0.2) is 0 Å². The maximum atomic E-state index is 12.5. The van der Waals surface area contributed by atoms with Crippen LogP contribution in [0.25, 0.3) is 0 Å². The summed E-state index contributed by atoms with van der Waals surface area (Å²) >= 11 is 6.39. The second kappa shape index (κ2) is 8.49. The minimum absolute atomic E-state index is 0.0823. The van der Waals surface area contributed by atoms with Crippen molar-refractivity contribution >= 4 is 17.5 Å². The molecule has 0 unspecified atom stereocenters. The van der Waals surface area contributed by atoms with Crippen molar-refractivity contribution in [2.24, 2.45) is 0 Å². The molecule has 1 aliphatic rings. The number of aromatic nitrogens is 1. The zero-order valence-corrected chi connectivity index (χ0v) is 15.4. The summed E-state index contributed by atoms with van der Waals surface area (Å²) in [6.07, 6.45) is 0. The lowest BCUT2D eigenvalue weighted by Crippen LogP contribution is -2.44. The molecule has 0 radical (unpaired) electrons. The van der Waals surface area contributed by atoms with E-state index in [1.165, 1.54) is 0 Å². The Balaban J connectivity index is 1.78. The average molecular weight is 376 g/mol. The Morgan fingerprint density at radius 2 is 2.00 bits per heavy atom. The fourth-order valence-corrected chi connectivity index (χ4v) is 3.37. The van der Waals surface area contributed by atoms with Gasteiger partial charge in [-0.2, -0.15) is 0 Å². The van der Waals surface area contributed by atoms with Crippen LogP contribution in [-0.2, 0) is 4.74 Å². The van der Waals surface area contributed by atoms with Crippen LogP contribution in [0.5, 0.6) is 0 Å². The van der Waals surface area contributed by atoms with E-state index in [-0.39, 0.29) is 17.2 Å². The number of hydrogen-bond acceptors (Lipinski definition) is 4. The standard InChI is InChI=1S/C19H22ClN3O3/c1-13-6-7-15(19(25)22-13)18(24)21-12-17(23-8-10-26-11-9-23)14-4-2-3-5-16(14)20/h2-7,17H,8-12H2,1H3,(H,21,24)(H,22,25)/t17-/m1/s1. The minimum atomic E-state index is -0.392. The maximum absolute atomic E-state index is 12.5. The summed E-state index contributed by atoms with van der Waals surface area (Å²) in [5, 5.41) is 3.54. The Morgan fingerprint density at radius 3 is 2.69 bits per heavy atom. The third kappa shape index (κ3) is 4.33. The van der Waals surface area contributed by atoms with Gasteiger partial charge in [0.05, 0.1) is 19.3 Å². The summed E-state index contributed by atoms with van der Waals surface area (Å²) in [4.78, 5) is 29.3. The van der Waals surface area contributed by atoms with E-state index in [1.807, 2.05) is 24.3 Å². The van der Waals surface area contributed by atoms with Crippen LogP contribution in [0.1, 0.15) is 27.7 Å². The number of ether oxygens (including phenoxy) is 1. The van der Waals surface area contributed by atoms with Crippen molar-refractivity contribution in [1.82, 2.24) is 15.2 Å². The fourth-order valence-electron chi connectivity index (χ4n) is 3.11. The highest BCUT2D eigenvalue weighted by Crippen LogP contribution is 2.27. The van der Waals surface area contributed by atoms with Crippen molar-refractivity contribution in [3.05, 3.63) is 68.6 Å². The second-order valence-corrected chi connectivity index (χ2v) is 6.69. The summed E-state index contributed by atoms with van der Waals surface area (Å²) in [6.45, 7) is 4.94. The number of aryl methyl sites for hydroxylation is 1. The van der Waals surface area contributed by atoms with Gasteiger partial charge in [-0.3, -0.25) is 14.5 Å². The number of morpholine rings is 1. The predicted molar refractivity (Wildman–Crippen MR) is 101 cm³/mol. The fraction of sp³-hybridized carbons (Fsp3) is 0.368. The van der Waals surface area contributed by atoms with E-state index in [0.717, 1.165) is 18.7 Å². The number of carbonyl (C=O) groups is 1. The molecule has 2 N–H and O–H groups in total. The Morgan fingerprint density at radius 1 is 1.27 bits per heavy atom. The summed E-state index contributed by atoms with van der Waals surface area (Å²) in [5.41, 5.74) is 1.39. The van der Waals surface area contributed by atoms with Gasteiger partial charge in [0, 0.05) is 30.4 Å². The molecule has 0 spiro atoms. The zero-order chi connectivity index (χ0) is 18.5. The normalized spacial score (nSPS) is 16.2. The molecule has 0 saturated carbocycles. The molecule has 0 bridgehead atoms. The van der Waals surface area contributed by atoms with Gasteiger partial charge in [0.2, 0.25) is 0 Å². The van der Waals surface area contributed by atoms with Crippen LogP contribution in [0.3, 0.4) is 0 Å². The Labute approximate surface area is 157 Å². The highest BCUT2D eigenvalue weighted by Gasteiger charge is 2.25. The molecule has 26 heavy (non-hydrogen) atoms. The SMILES string of the molecule is Cc1ccc(C(=O)NC[C@H](c2ccccc2Cl)N2CCOCC2)c(=O)[nH]1. The molecule has 1 aromatic carbocycles. The van der Waals surface area contributed by atoms with Crippen molar-refractivity contribution in [2.75, 3.05) is 32.8 Å². The summed E-state index contributed by atoms with van der Waals surface area (Å²) in [5.74, 6) is -0.392. The van der Waals surface area contributed by atoms with E-state index in [1.54, 1.807) is 19.1 Å². The van der Waals surface area contributed by atoms with Crippen molar-refractivity contribution in [1.29, 1.82) is 0 Å². The first kappa shape index (κ1) is 18.6. The van der Waals surface area contributed by atoms with Gasteiger partial charge >= 0.3 is 0 Å². The van der Waals surface area contributed by atoms with Crippen molar-refractivity contribution in [3.63, 3.8) is 0 Å². The van der Waals surface area contributed by atoms with Crippen molar-refractivity contribution in [2.45, 2.75) is 13.0 Å². The summed E-state index contributed by atoms with van der Waals surface area (Å²) in [6, 6.07) is 10.8. The van der Waals surface area contributed by atoms with Crippen LogP contribution in [-0.4, -0.2) is 48.6 Å². The molecule has 7 heteroatoms. The van der Waals surface area contributed by atoms with Crippen LogP contribution < -0.4 is 10.9 Å². The monoisotopic (exact) mass is 375 g/mol. The van der Waals surface area contributed by atoms with Crippen LogP contribution in [0.4, 0.5) is 0 Å². The molecule has 1 aromatic heterocycles. The molecule has 0 aliphatic carbocycles. The highest BCUT2D eigenvalue weighted by molar-refractivity contribution is 6.31. The summed E-state index contributed by atoms with van der Waals surface area (Å²) < 4.78 is 5.43. The van der Waals surface area contributed by atoms with Crippen LogP contribution in [0, 0.1) is 6.92 Å². The van der Waals surface area contributed by atoms with E-state index in [9.17, 15) is 9.59 Å². The van der Waals surface area contributed by atoms with Gasteiger partial charge < -0.3 is 15.0 Å². The molecule has 138 valence electrons. The quantitative estimate of drug-likeness (QED) is 0.839.